The van der Waals surface area contributed by atoms with Crippen LogP contribution >= 0.6 is 0 Å². The van der Waals surface area contributed by atoms with Gasteiger partial charge < -0.3 is 25.4 Å². The van der Waals surface area contributed by atoms with Gasteiger partial charge in [-0.3, -0.25) is 4.98 Å². The number of carboxylic acids is 1. The first-order chi connectivity index (χ1) is 16.9. The first-order valence-corrected chi connectivity index (χ1v) is 12.3. The summed E-state index contributed by atoms with van der Waals surface area (Å²) in [6.45, 7) is 4.11. The largest absolute Gasteiger partial charge is 0.480 e. The average molecular weight is 489 g/mol. The van der Waals surface area contributed by atoms with Crippen molar-refractivity contribution >= 4 is 17.6 Å². The number of hydrogen-bond donors (Lipinski definition) is 3. The highest BCUT2D eigenvalue weighted by Gasteiger charge is 2.21. The number of aliphatic carboxylic acids is 1. The predicted octanol–water partition coefficient (Wildman–Crippen LogP) is 3.10. The molecule has 3 N–H and O–H groups in total. The summed E-state index contributed by atoms with van der Waals surface area (Å²) in [5, 5.41) is 15.9. The Labute approximate surface area is 206 Å². The Balaban J connectivity index is 1.50. The molecule has 0 fully saturated rings. The number of pyridine rings is 1. The number of alkyl halides is 1. The zero-order valence-electron chi connectivity index (χ0n) is 20.7. The molecule has 2 atom stereocenters. The second-order valence-corrected chi connectivity index (χ2v) is 9.02. The maximum atomic E-state index is 14.3. The second-order valence-electron chi connectivity index (χ2n) is 9.02. The number of carbonyl (C=O) groups is 1. The summed E-state index contributed by atoms with van der Waals surface area (Å²) in [6.07, 6.45) is 7.12. The van der Waals surface area contributed by atoms with Crippen LogP contribution in [-0.4, -0.2) is 83.0 Å². The molecule has 0 saturated carbocycles. The van der Waals surface area contributed by atoms with Crippen molar-refractivity contribution in [2.24, 2.45) is 0 Å². The summed E-state index contributed by atoms with van der Waals surface area (Å²) in [5.41, 5.74) is 3.08. The number of carboxylic acid groups (broad SMARTS) is 1. The van der Waals surface area contributed by atoms with Crippen molar-refractivity contribution in [2.75, 3.05) is 50.5 Å². The lowest BCUT2D eigenvalue weighted by Crippen LogP contribution is -2.38. The molecule has 1 aliphatic rings. The smallest absolute Gasteiger partial charge is 0.326 e. The van der Waals surface area contributed by atoms with Gasteiger partial charge in [0.2, 0.25) is 0 Å². The minimum atomic E-state index is -1.13. The van der Waals surface area contributed by atoms with Gasteiger partial charge in [-0.1, -0.05) is 6.07 Å². The lowest BCUT2D eigenvalue weighted by atomic mass is 10.1. The van der Waals surface area contributed by atoms with E-state index in [0.29, 0.717) is 25.3 Å². The summed E-state index contributed by atoms with van der Waals surface area (Å²) >= 11 is 0. The number of halogens is 1. The Morgan fingerprint density at radius 3 is 2.89 bits per heavy atom. The van der Waals surface area contributed by atoms with Crippen LogP contribution in [0.1, 0.15) is 42.6 Å². The SMILES string of the molecule is COCC(F)CN(CCCCc1ccc2c(n1)NCCC2)CCC(Nc1cnc(C)cn1)C(=O)O. The van der Waals surface area contributed by atoms with Crippen LogP contribution in [0.2, 0.25) is 0 Å². The summed E-state index contributed by atoms with van der Waals surface area (Å²) in [6, 6.07) is 3.41. The number of rotatable bonds is 15. The molecular formula is C25H37FN6O3. The normalized spacial score (nSPS) is 14.7. The van der Waals surface area contributed by atoms with E-state index in [1.165, 1.54) is 18.9 Å². The fourth-order valence-corrected chi connectivity index (χ4v) is 4.17. The minimum Gasteiger partial charge on any atom is -0.480 e. The van der Waals surface area contributed by atoms with Crippen LogP contribution in [-0.2, 0) is 22.4 Å². The van der Waals surface area contributed by atoms with Gasteiger partial charge in [0.25, 0.3) is 0 Å². The van der Waals surface area contributed by atoms with Gasteiger partial charge in [-0.2, -0.15) is 0 Å². The molecular weight excluding hydrogens is 451 g/mol. The monoisotopic (exact) mass is 488 g/mol. The molecule has 10 heteroatoms. The number of anilines is 2. The van der Waals surface area contributed by atoms with E-state index >= 15 is 0 Å². The highest BCUT2D eigenvalue weighted by Crippen LogP contribution is 2.20. The molecule has 2 unspecified atom stereocenters. The lowest BCUT2D eigenvalue weighted by Gasteiger charge is -2.26. The first-order valence-electron chi connectivity index (χ1n) is 12.3. The van der Waals surface area contributed by atoms with E-state index in [-0.39, 0.29) is 13.2 Å². The number of unbranched alkanes of at least 4 members (excludes halogenated alkanes) is 1. The van der Waals surface area contributed by atoms with E-state index in [0.717, 1.165) is 55.9 Å². The molecule has 0 aromatic carbocycles. The predicted molar refractivity (Wildman–Crippen MR) is 134 cm³/mol. The van der Waals surface area contributed by atoms with Crippen LogP contribution in [0, 0.1) is 6.92 Å². The van der Waals surface area contributed by atoms with E-state index in [2.05, 4.69) is 32.7 Å². The minimum absolute atomic E-state index is 0.0160. The molecule has 0 aliphatic carbocycles. The molecule has 3 rings (SSSR count). The van der Waals surface area contributed by atoms with Crippen molar-refractivity contribution in [2.45, 2.75) is 57.7 Å². The third kappa shape index (κ3) is 9.03. The molecule has 192 valence electrons. The molecule has 0 amide bonds. The Kier molecular flexibility index (Phi) is 10.6. The summed E-state index contributed by atoms with van der Waals surface area (Å²) < 4.78 is 19.3. The molecule has 0 spiro atoms. The van der Waals surface area contributed by atoms with Crippen molar-refractivity contribution in [1.29, 1.82) is 0 Å². The quantitative estimate of drug-likeness (QED) is 0.326. The molecule has 35 heavy (non-hydrogen) atoms. The first kappa shape index (κ1) is 26.7. The van der Waals surface area contributed by atoms with E-state index in [9.17, 15) is 14.3 Å². The number of nitrogens with one attached hydrogen (secondary N) is 2. The zero-order valence-corrected chi connectivity index (χ0v) is 20.7. The van der Waals surface area contributed by atoms with Crippen molar-refractivity contribution in [3.63, 3.8) is 0 Å². The van der Waals surface area contributed by atoms with Crippen molar-refractivity contribution in [3.8, 4) is 0 Å². The summed E-state index contributed by atoms with van der Waals surface area (Å²) in [4.78, 5) is 26.8. The third-order valence-electron chi connectivity index (χ3n) is 6.05. The van der Waals surface area contributed by atoms with Gasteiger partial charge in [0.05, 0.1) is 24.7 Å². The van der Waals surface area contributed by atoms with Crippen LogP contribution in [0.3, 0.4) is 0 Å². The van der Waals surface area contributed by atoms with Crippen LogP contribution < -0.4 is 10.6 Å². The van der Waals surface area contributed by atoms with E-state index in [1.807, 2.05) is 11.8 Å². The zero-order chi connectivity index (χ0) is 25.0. The molecule has 9 nitrogen and oxygen atoms in total. The van der Waals surface area contributed by atoms with Gasteiger partial charge in [-0.25, -0.2) is 19.2 Å². The number of aryl methyl sites for hydroxylation is 3. The van der Waals surface area contributed by atoms with Crippen molar-refractivity contribution in [1.82, 2.24) is 19.9 Å². The Morgan fingerprint density at radius 1 is 1.29 bits per heavy atom. The Morgan fingerprint density at radius 2 is 2.14 bits per heavy atom. The topological polar surface area (TPSA) is 113 Å². The standard InChI is InChI=1S/C25H37FN6O3/c1-18-14-29-23(15-28-18)31-22(25(33)34)10-13-32(16-20(26)17-35-2)12-4-3-7-21-9-8-19-6-5-11-27-24(19)30-21/h8-9,14-15,20,22H,3-7,10-13,16-17H2,1-2H3,(H,27,30)(H,29,31)(H,33,34). The third-order valence-corrected chi connectivity index (χ3v) is 6.05. The van der Waals surface area contributed by atoms with E-state index in [4.69, 9.17) is 9.72 Å². The molecule has 2 aromatic heterocycles. The summed E-state index contributed by atoms with van der Waals surface area (Å²) in [5.74, 6) is 0.429. The maximum Gasteiger partial charge on any atom is 0.326 e. The van der Waals surface area contributed by atoms with Gasteiger partial charge in [0.1, 0.15) is 23.8 Å². The highest BCUT2D eigenvalue weighted by molar-refractivity contribution is 5.76. The molecule has 3 heterocycles. The van der Waals surface area contributed by atoms with E-state index in [1.54, 1.807) is 6.20 Å². The molecule has 0 saturated heterocycles. The maximum absolute atomic E-state index is 14.3. The lowest BCUT2D eigenvalue weighted by molar-refractivity contribution is -0.138. The average Bonchev–Trinajstić information content (AvgIpc) is 2.85. The molecule has 0 bridgehead atoms. The van der Waals surface area contributed by atoms with Crippen LogP contribution in [0.15, 0.2) is 24.5 Å². The molecule has 2 aromatic rings. The molecule has 1 aliphatic heterocycles. The number of ether oxygens (including phenoxy) is 1. The van der Waals surface area contributed by atoms with E-state index < -0.39 is 18.2 Å². The summed E-state index contributed by atoms with van der Waals surface area (Å²) in [7, 11) is 1.48. The van der Waals surface area contributed by atoms with Crippen molar-refractivity contribution in [3.05, 3.63) is 41.5 Å². The van der Waals surface area contributed by atoms with Crippen LogP contribution in [0.25, 0.3) is 0 Å². The number of nitrogens with zero attached hydrogens (tertiary/aromatic N) is 4. The number of fused-ring (bicyclic) bond motifs is 1. The second kappa shape index (κ2) is 13.9. The number of methoxy groups -OCH3 is 1. The van der Waals surface area contributed by atoms with Crippen molar-refractivity contribution < 1.29 is 19.0 Å². The fraction of sp³-hybridized carbons (Fsp3) is 0.600. The van der Waals surface area contributed by atoms with Gasteiger partial charge >= 0.3 is 5.97 Å². The Hall–Kier alpha value is -2.85. The number of hydrogen-bond acceptors (Lipinski definition) is 8. The Bertz CT molecular complexity index is 930. The van der Waals surface area contributed by atoms with Crippen LogP contribution in [0.4, 0.5) is 16.0 Å². The van der Waals surface area contributed by atoms with Gasteiger partial charge in [-0.05, 0) is 63.6 Å². The fourth-order valence-electron chi connectivity index (χ4n) is 4.17. The van der Waals surface area contributed by atoms with Gasteiger partial charge in [-0.15, -0.1) is 0 Å². The van der Waals surface area contributed by atoms with Gasteiger partial charge in [0, 0.05) is 32.4 Å². The highest BCUT2D eigenvalue weighted by atomic mass is 19.1. The molecule has 0 radical (unpaired) electrons. The number of aromatic nitrogens is 3. The van der Waals surface area contributed by atoms with Gasteiger partial charge in [0.15, 0.2) is 0 Å². The van der Waals surface area contributed by atoms with Crippen LogP contribution in [0.5, 0.6) is 0 Å².